The van der Waals surface area contributed by atoms with Gasteiger partial charge >= 0.3 is 11.5 Å². The van der Waals surface area contributed by atoms with E-state index in [1.807, 2.05) is 0 Å². The maximum absolute atomic E-state index is 12.6. The second kappa shape index (κ2) is 9.13. The first-order valence-corrected chi connectivity index (χ1v) is 8.52. The fourth-order valence-electron chi connectivity index (χ4n) is 2.04. The molecular formula is C18H16F3N3O2S. The quantitative estimate of drug-likeness (QED) is 0.483. The predicted octanol–water partition coefficient (Wildman–Crippen LogP) is 4.86. The number of amides is 3. The van der Waals surface area contributed by atoms with Gasteiger partial charge in [-0.05, 0) is 48.2 Å². The van der Waals surface area contributed by atoms with Crippen LogP contribution >= 0.6 is 11.8 Å². The predicted molar refractivity (Wildman–Crippen MR) is 100.0 cm³/mol. The van der Waals surface area contributed by atoms with E-state index in [0.29, 0.717) is 17.9 Å². The van der Waals surface area contributed by atoms with Gasteiger partial charge in [0.2, 0.25) is 0 Å². The zero-order chi connectivity index (χ0) is 19.9. The summed E-state index contributed by atoms with van der Waals surface area (Å²) in [7, 11) is 0. The molecule has 0 heterocycles. The molecule has 0 aliphatic rings. The number of halogens is 3. The standard InChI is InChI=1S/C18H16F3N3O2S/c1-2-11-22-17(26)24-13-9-7-12(8-10-13)23-16(25)14-5-3-4-6-15(14)27-18(19,20)21/h2-10H,1,11H2,(H,23,25)(H2,22,24,26). The van der Waals surface area contributed by atoms with Crippen molar-refractivity contribution in [3.8, 4) is 0 Å². The van der Waals surface area contributed by atoms with Crippen molar-refractivity contribution in [2.75, 3.05) is 17.2 Å². The Bertz CT molecular complexity index is 823. The molecule has 0 bridgehead atoms. The van der Waals surface area contributed by atoms with Gasteiger partial charge in [0.1, 0.15) is 0 Å². The zero-order valence-corrected chi connectivity index (χ0v) is 14.8. The molecule has 0 radical (unpaired) electrons. The summed E-state index contributed by atoms with van der Waals surface area (Å²) >= 11 is -0.340. The van der Waals surface area contributed by atoms with Crippen molar-refractivity contribution in [3.63, 3.8) is 0 Å². The van der Waals surface area contributed by atoms with Gasteiger partial charge in [-0.25, -0.2) is 4.79 Å². The van der Waals surface area contributed by atoms with Crippen molar-refractivity contribution in [2.45, 2.75) is 10.4 Å². The number of nitrogens with one attached hydrogen (secondary N) is 3. The van der Waals surface area contributed by atoms with Gasteiger partial charge in [-0.3, -0.25) is 4.79 Å². The molecule has 2 aromatic rings. The van der Waals surface area contributed by atoms with Gasteiger partial charge in [-0.15, -0.1) is 6.58 Å². The number of thioether (sulfide) groups is 1. The average Bonchev–Trinajstić information content (AvgIpc) is 2.60. The summed E-state index contributed by atoms with van der Waals surface area (Å²) in [6, 6.07) is 11.2. The minimum atomic E-state index is -4.49. The first-order chi connectivity index (χ1) is 12.8. The molecule has 3 N–H and O–H groups in total. The molecule has 0 aromatic heterocycles. The number of hydrogen-bond acceptors (Lipinski definition) is 3. The van der Waals surface area contributed by atoms with Crippen LogP contribution in [-0.2, 0) is 0 Å². The third-order valence-electron chi connectivity index (χ3n) is 3.16. The molecule has 27 heavy (non-hydrogen) atoms. The molecule has 0 fully saturated rings. The number of anilines is 2. The van der Waals surface area contributed by atoms with Crippen molar-refractivity contribution >= 4 is 35.1 Å². The number of rotatable bonds is 6. The molecule has 0 aliphatic heterocycles. The van der Waals surface area contributed by atoms with E-state index in [-0.39, 0.29) is 22.2 Å². The van der Waals surface area contributed by atoms with Gasteiger partial charge in [0.25, 0.3) is 5.91 Å². The summed E-state index contributed by atoms with van der Waals surface area (Å²) in [4.78, 5) is 23.7. The van der Waals surface area contributed by atoms with Crippen LogP contribution in [0.25, 0.3) is 0 Å². The Balaban J connectivity index is 2.04. The maximum atomic E-state index is 12.6. The van der Waals surface area contributed by atoms with Gasteiger partial charge in [0, 0.05) is 22.8 Å². The number of carbonyl (C=O) groups is 2. The lowest BCUT2D eigenvalue weighted by Crippen LogP contribution is -2.28. The lowest BCUT2D eigenvalue weighted by Gasteiger charge is -2.12. The van der Waals surface area contributed by atoms with E-state index in [1.54, 1.807) is 12.1 Å². The zero-order valence-electron chi connectivity index (χ0n) is 14.0. The third-order valence-corrected chi connectivity index (χ3v) is 3.97. The number of alkyl halides is 3. The second-order valence-electron chi connectivity index (χ2n) is 5.20. The monoisotopic (exact) mass is 395 g/mol. The molecule has 9 heteroatoms. The highest BCUT2D eigenvalue weighted by atomic mass is 32.2. The minimum Gasteiger partial charge on any atom is -0.334 e. The van der Waals surface area contributed by atoms with Crippen molar-refractivity contribution in [2.24, 2.45) is 0 Å². The van der Waals surface area contributed by atoms with E-state index in [4.69, 9.17) is 0 Å². The van der Waals surface area contributed by atoms with Crippen molar-refractivity contribution in [3.05, 3.63) is 66.7 Å². The Kier molecular flexibility index (Phi) is 6.89. The van der Waals surface area contributed by atoms with E-state index in [2.05, 4.69) is 22.5 Å². The topological polar surface area (TPSA) is 70.2 Å². The number of hydrogen-bond donors (Lipinski definition) is 3. The summed E-state index contributed by atoms with van der Waals surface area (Å²) in [6.07, 6.45) is 1.53. The molecule has 0 atom stereocenters. The van der Waals surface area contributed by atoms with Gasteiger partial charge in [0.15, 0.2) is 0 Å². The summed E-state index contributed by atoms with van der Waals surface area (Å²) in [6.45, 7) is 3.80. The SMILES string of the molecule is C=CCNC(=O)Nc1ccc(NC(=O)c2ccccc2SC(F)(F)F)cc1. The highest BCUT2D eigenvalue weighted by Crippen LogP contribution is 2.38. The number of benzene rings is 2. The lowest BCUT2D eigenvalue weighted by molar-refractivity contribution is -0.0328. The molecule has 2 rings (SSSR count). The minimum absolute atomic E-state index is 0.0779. The Morgan fingerprint density at radius 2 is 1.59 bits per heavy atom. The maximum Gasteiger partial charge on any atom is 0.446 e. The Hall–Kier alpha value is -2.94. The summed E-state index contributed by atoms with van der Waals surface area (Å²) in [5.41, 5.74) is -3.70. The molecule has 2 aromatic carbocycles. The van der Waals surface area contributed by atoms with Crippen LogP contribution in [0.15, 0.2) is 66.1 Å². The molecule has 0 aliphatic carbocycles. The van der Waals surface area contributed by atoms with E-state index in [9.17, 15) is 22.8 Å². The molecule has 142 valence electrons. The molecular weight excluding hydrogens is 379 g/mol. The van der Waals surface area contributed by atoms with Crippen LogP contribution < -0.4 is 16.0 Å². The molecule has 3 amide bonds. The fraction of sp³-hybridized carbons (Fsp3) is 0.111. The van der Waals surface area contributed by atoms with Crippen molar-refractivity contribution in [1.82, 2.24) is 5.32 Å². The molecule has 0 saturated heterocycles. The van der Waals surface area contributed by atoms with Crippen LogP contribution in [0.3, 0.4) is 0 Å². The Morgan fingerprint density at radius 3 is 2.19 bits per heavy atom. The fourth-order valence-corrected chi connectivity index (χ4v) is 2.71. The number of carbonyl (C=O) groups excluding carboxylic acids is 2. The van der Waals surface area contributed by atoms with Crippen LogP contribution in [0.5, 0.6) is 0 Å². The van der Waals surface area contributed by atoms with Crippen LogP contribution in [0.1, 0.15) is 10.4 Å². The largest absolute Gasteiger partial charge is 0.446 e. The van der Waals surface area contributed by atoms with Crippen molar-refractivity contribution in [1.29, 1.82) is 0 Å². The average molecular weight is 395 g/mol. The van der Waals surface area contributed by atoms with Crippen LogP contribution in [-0.4, -0.2) is 24.0 Å². The highest BCUT2D eigenvalue weighted by Gasteiger charge is 2.31. The van der Waals surface area contributed by atoms with E-state index in [1.165, 1.54) is 42.5 Å². The van der Waals surface area contributed by atoms with E-state index >= 15 is 0 Å². The van der Waals surface area contributed by atoms with Gasteiger partial charge in [-0.2, -0.15) is 13.2 Å². The van der Waals surface area contributed by atoms with E-state index < -0.39 is 17.4 Å². The first-order valence-electron chi connectivity index (χ1n) is 7.70. The van der Waals surface area contributed by atoms with Gasteiger partial charge in [0.05, 0.1) is 5.56 Å². The molecule has 5 nitrogen and oxygen atoms in total. The lowest BCUT2D eigenvalue weighted by atomic mass is 10.2. The summed E-state index contributed by atoms with van der Waals surface area (Å²) in [5, 5.41) is 7.66. The Labute approximate surface area is 158 Å². The smallest absolute Gasteiger partial charge is 0.334 e. The number of urea groups is 1. The second-order valence-corrected chi connectivity index (χ2v) is 6.31. The summed E-state index contributed by atoms with van der Waals surface area (Å²) in [5.74, 6) is -0.660. The molecule has 0 saturated carbocycles. The van der Waals surface area contributed by atoms with Crippen LogP contribution in [0, 0.1) is 0 Å². The van der Waals surface area contributed by atoms with E-state index in [0.717, 1.165) is 0 Å². The Morgan fingerprint density at radius 1 is 1.00 bits per heavy atom. The first kappa shape index (κ1) is 20.4. The summed E-state index contributed by atoms with van der Waals surface area (Å²) < 4.78 is 37.9. The van der Waals surface area contributed by atoms with Crippen molar-refractivity contribution < 1.29 is 22.8 Å². The highest BCUT2D eigenvalue weighted by molar-refractivity contribution is 8.00. The molecule has 0 unspecified atom stereocenters. The van der Waals surface area contributed by atoms with Crippen LogP contribution in [0.4, 0.5) is 29.3 Å². The normalized spacial score (nSPS) is 10.8. The van der Waals surface area contributed by atoms with Gasteiger partial charge in [-0.1, -0.05) is 18.2 Å². The molecule has 0 spiro atoms. The van der Waals surface area contributed by atoms with Gasteiger partial charge < -0.3 is 16.0 Å². The van der Waals surface area contributed by atoms with Crippen LogP contribution in [0.2, 0.25) is 0 Å². The third kappa shape index (κ3) is 6.70.